The lowest BCUT2D eigenvalue weighted by molar-refractivity contribution is -0.132. The highest BCUT2D eigenvalue weighted by molar-refractivity contribution is 5.83. The Morgan fingerprint density at radius 1 is 1.00 bits per heavy atom. The van der Waals surface area contributed by atoms with E-state index in [0.29, 0.717) is 32.5 Å². The Balaban J connectivity index is 1.29. The number of aliphatic hydroxyl groups excluding tert-OH is 2. The van der Waals surface area contributed by atoms with E-state index in [0.717, 1.165) is 28.8 Å². The molecule has 9 nitrogen and oxygen atoms in total. The Hall–Kier alpha value is -3.63. The highest BCUT2D eigenvalue weighted by atomic mass is 16.3. The van der Waals surface area contributed by atoms with Gasteiger partial charge in [-0.2, -0.15) is 0 Å². The summed E-state index contributed by atoms with van der Waals surface area (Å²) in [6.07, 6.45) is 3.26. The van der Waals surface area contributed by atoms with Crippen LogP contribution in [0.1, 0.15) is 55.5 Å². The first kappa shape index (κ1) is 32.8. The molecule has 0 spiro atoms. The van der Waals surface area contributed by atoms with Gasteiger partial charge in [-0.3, -0.25) is 24.4 Å². The first-order chi connectivity index (χ1) is 21.6. The molecular formula is C36H47N5O4. The SMILES string of the molecule is CC(C)(C)NC(=O)C1CN(Cc2cccnc2)CCN1C[C@@H](O)C[C@@H](Cc1ccccc1)C(=O)N[C@H]1c2ccccc2C[C@H]1O. The minimum Gasteiger partial charge on any atom is -0.392 e. The molecule has 3 aromatic rings. The molecule has 1 fully saturated rings. The van der Waals surface area contributed by atoms with Gasteiger partial charge in [0.25, 0.3) is 0 Å². The van der Waals surface area contributed by atoms with Crippen LogP contribution in [-0.2, 0) is 29.0 Å². The number of nitrogens with one attached hydrogen (secondary N) is 2. The number of piperazine rings is 1. The molecule has 2 aliphatic rings. The van der Waals surface area contributed by atoms with Crippen LogP contribution in [0.4, 0.5) is 0 Å². The molecule has 2 amide bonds. The number of carbonyl (C=O) groups is 2. The van der Waals surface area contributed by atoms with Gasteiger partial charge in [-0.15, -0.1) is 0 Å². The third-order valence-corrected chi connectivity index (χ3v) is 8.70. The lowest BCUT2D eigenvalue weighted by Gasteiger charge is -2.42. The van der Waals surface area contributed by atoms with Crippen molar-refractivity contribution in [2.24, 2.45) is 5.92 Å². The van der Waals surface area contributed by atoms with E-state index < -0.39 is 35.7 Å². The average molecular weight is 614 g/mol. The minimum atomic E-state index is -0.833. The van der Waals surface area contributed by atoms with Crippen LogP contribution in [0.15, 0.2) is 79.1 Å². The number of aliphatic hydroxyl groups is 2. The predicted molar refractivity (Wildman–Crippen MR) is 174 cm³/mol. The van der Waals surface area contributed by atoms with E-state index in [9.17, 15) is 19.8 Å². The normalized spacial score (nSPS) is 21.9. The average Bonchev–Trinajstić information content (AvgIpc) is 3.32. The first-order valence-corrected chi connectivity index (χ1v) is 16.0. The van der Waals surface area contributed by atoms with E-state index in [1.165, 1.54) is 0 Å². The smallest absolute Gasteiger partial charge is 0.239 e. The fourth-order valence-corrected chi connectivity index (χ4v) is 6.56. The van der Waals surface area contributed by atoms with Gasteiger partial charge in [0.15, 0.2) is 0 Å². The molecule has 1 aromatic heterocycles. The molecule has 2 heterocycles. The molecule has 1 aliphatic heterocycles. The summed E-state index contributed by atoms with van der Waals surface area (Å²) < 4.78 is 0. The third kappa shape index (κ3) is 8.98. The van der Waals surface area contributed by atoms with Crippen molar-refractivity contribution in [1.82, 2.24) is 25.4 Å². The van der Waals surface area contributed by atoms with E-state index in [1.807, 2.05) is 93.7 Å². The van der Waals surface area contributed by atoms with Crippen LogP contribution in [0.25, 0.3) is 0 Å². The second-order valence-corrected chi connectivity index (χ2v) is 13.6. The summed E-state index contributed by atoms with van der Waals surface area (Å²) in [5, 5.41) is 28.5. The van der Waals surface area contributed by atoms with E-state index in [-0.39, 0.29) is 24.8 Å². The monoisotopic (exact) mass is 613 g/mol. The van der Waals surface area contributed by atoms with Gasteiger partial charge in [-0.25, -0.2) is 0 Å². The number of hydrogen-bond acceptors (Lipinski definition) is 7. The molecule has 1 saturated heterocycles. The van der Waals surface area contributed by atoms with E-state index in [2.05, 4.69) is 25.4 Å². The van der Waals surface area contributed by atoms with Gasteiger partial charge in [0.05, 0.1) is 18.2 Å². The lowest BCUT2D eigenvalue weighted by atomic mass is 9.91. The summed E-state index contributed by atoms with van der Waals surface area (Å²) >= 11 is 0. The maximum Gasteiger partial charge on any atom is 0.239 e. The van der Waals surface area contributed by atoms with Crippen LogP contribution in [0.2, 0.25) is 0 Å². The first-order valence-electron chi connectivity index (χ1n) is 16.0. The van der Waals surface area contributed by atoms with Crippen LogP contribution < -0.4 is 10.6 Å². The van der Waals surface area contributed by atoms with Crippen molar-refractivity contribution in [3.63, 3.8) is 0 Å². The predicted octanol–water partition coefficient (Wildman–Crippen LogP) is 2.87. The molecule has 0 saturated carbocycles. The zero-order chi connectivity index (χ0) is 32.0. The topological polar surface area (TPSA) is 118 Å². The Morgan fingerprint density at radius 3 is 2.47 bits per heavy atom. The number of amides is 2. The molecule has 0 radical (unpaired) electrons. The van der Waals surface area contributed by atoms with Crippen LogP contribution in [-0.4, -0.2) is 86.8 Å². The van der Waals surface area contributed by atoms with Crippen molar-refractivity contribution in [2.75, 3.05) is 26.2 Å². The Bertz CT molecular complexity index is 1410. The fourth-order valence-electron chi connectivity index (χ4n) is 6.56. The Kier molecular flexibility index (Phi) is 10.7. The maximum absolute atomic E-state index is 13.8. The Labute approximate surface area is 266 Å². The van der Waals surface area contributed by atoms with Crippen molar-refractivity contribution in [3.05, 3.63) is 101 Å². The van der Waals surface area contributed by atoms with Crippen molar-refractivity contribution in [3.8, 4) is 0 Å². The summed E-state index contributed by atoms with van der Waals surface area (Å²) in [6.45, 7) is 8.74. The largest absolute Gasteiger partial charge is 0.392 e. The number of fused-ring (bicyclic) bond motifs is 1. The van der Waals surface area contributed by atoms with Crippen molar-refractivity contribution < 1.29 is 19.8 Å². The zero-order valence-corrected chi connectivity index (χ0v) is 26.6. The van der Waals surface area contributed by atoms with Gasteiger partial charge in [0.1, 0.15) is 6.04 Å². The third-order valence-electron chi connectivity index (χ3n) is 8.70. The summed E-state index contributed by atoms with van der Waals surface area (Å²) in [5.41, 5.74) is 3.68. The summed E-state index contributed by atoms with van der Waals surface area (Å²) in [4.78, 5) is 35.9. The molecular weight excluding hydrogens is 566 g/mol. The second kappa shape index (κ2) is 14.6. The van der Waals surface area contributed by atoms with Crippen LogP contribution in [0.5, 0.6) is 0 Å². The van der Waals surface area contributed by atoms with Gasteiger partial charge in [-0.05, 0) is 61.9 Å². The van der Waals surface area contributed by atoms with Crippen LogP contribution in [0, 0.1) is 5.92 Å². The molecule has 1 unspecified atom stereocenters. The minimum absolute atomic E-state index is 0.0712. The number of rotatable bonds is 11. The molecule has 5 atom stereocenters. The molecule has 9 heteroatoms. The number of β-amino-alcohol motifs (C(OH)–C–C–N with tert-alkyl or cyclic N) is 1. The fraction of sp³-hybridized carbons (Fsp3) is 0.472. The maximum atomic E-state index is 13.8. The van der Waals surface area contributed by atoms with Gasteiger partial charge in [0, 0.05) is 63.0 Å². The molecule has 240 valence electrons. The zero-order valence-electron chi connectivity index (χ0n) is 26.6. The lowest BCUT2D eigenvalue weighted by Crippen LogP contribution is -2.61. The molecule has 5 rings (SSSR count). The molecule has 4 N–H and O–H groups in total. The highest BCUT2D eigenvalue weighted by Crippen LogP contribution is 2.32. The van der Waals surface area contributed by atoms with Gasteiger partial charge >= 0.3 is 0 Å². The van der Waals surface area contributed by atoms with Gasteiger partial charge < -0.3 is 20.8 Å². The number of carbonyl (C=O) groups excluding carboxylic acids is 2. The summed E-state index contributed by atoms with van der Waals surface area (Å²) in [5.74, 6) is -0.781. The number of aromatic nitrogens is 1. The van der Waals surface area contributed by atoms with Gasteiger partial charge in [-0.1, -0.05) is 60.7 Å². The second-order valence-electron chi connectivity index (χ2n) is 13.6. The molecule has 45 heavy (non-hydrogen) atoms. The van der Waals surface area contributed by atoms with Crippen molar-refractivity contribution in [1.29, 1.82) is 0 Å². The number of hydrogen-bond donors (Lipinski definition) is 4. The molecule has 0 bridgehead atoms. The Morgan fingerprint density at radius 2 is 1.73 bits per heavy atom. The summed E-state index contributed by atoms with van der Waals surface area (Å²) in [7, 11) is 0. The quantitative estimate of drug-likeness (QED) is 0.263. The standard InChI is InChI=1S/C36H47N5O4/c1-36(2,3)39-35(45)31-24-40(22-26-12-9-15-37-21-26)16-17-41(31)23-29(42)19-28(18-25-10-5-4-6-11-25)34(44)38-33-30-14-8-7-13-27(30)20-32(33)43/h4-15,21,28-29,31-33,42-43H,16-20,22-24H2,1-3H3,(H,38,44)(H,39,45)/t28-,29+,31?,32-,33+/m1/s1. The van der Waals surface area contributed by atoms with Crippen LogP contribution >= 0.6 is 0 Å². The summed E-state index contributed by atoms with van der Waals surface area (Å²) in [6, 6.07) is 20.6. The van der Waals surface area contributed by atoms with Gasteiger partial charge in [0.2, 0.25) is 11.8 Å². The van der Waals surface area contributed by atoms with E-state index in [4.69, 9.17) is 0 Å². The molecule has 1 aliphatic carbocycles. The van der Waals surface area contributed by atoms with Crippen LogP contribution in [0.3, 0.4) is 0 Å². The number of nitrogens with zero attached hydrogens (tertiary/aromatic N) is 3. The number of benzene rings is 2. The van der Waals surface area contributed by atoms with E-state index >= 15 is 0 Å². The van der Waals surface area contributed by atoms with Crippen molar-refractivity contribution in [2.45, 2.75) is 76.4 Å². The number of pyridine rings is 1. The van der Waals surface area contributed by atoms with E-state index in [1.54, 1.807) is 6.20 Å². The van der Waals surface area contributed by atoms with Crippen molar-refractivity contribution >= 4 is 11.8 Å². The highest BCUT2D eigenvalue weighted by Gasteiger charge is 2.37. The molecule has 2 aromatic carbocycles.